The van der Waals surface area contributed by atoms with Gasteiger partial charge < -0.3 is 14.8 Å². The van der Waals surface area contributed by atoms with Gasteiger partial charge in [0.05, 0.1) is 20.9 Å². The minimum Gasteiger partial charge on any atom is -0.497 e. The molecule has 0 aromatic heterocycles. The van der Waals surface area contributed by atoms with Crippen LogP contribution in [0.15, 0.2) is 42.5 Å². The zero-order chi connectivity index (χ0) is 21.2. The van der Waals surface area contributed by atoms with Gasteiger partial charge in [0.2, 0.25) is 0 Å². The number of hydrogen-bond donors (Lipinski definition) is 1. The number of halogens is 1. The first-order chi connectivity index (χ1) is 13.8. The molecule has 0 bridgehead atoms. The summed E-state index contributed by atoms with van der Waals surface area (Å²) in [6.07, 6.45) is 0. The monoisotopic (exact) mass is 417 g/mol. The third kappa shape index (κ3) is 4.16. The summed E-state index contributed by atoms with van der Waals surface area (Å²) < 4.78 is 10.6. The van der Waals surface area contributed by atoms with Crippen LogP contribution in [0.4, 0.5) is 4.79 Å². The van der Waals surface area contributed by atoms with Crippen molar-refractivity contribution >= 4 is 23.5 Å². The Morgan fingerprint density at radius 2 is 1.90 bits per heavy atom. The van der Waals surface area contributed by atoms with Crippen molar-refractivity contribution in [3.05, 3.63) is 58.6 Å². The van der Waals surface area contributed by atoms with E-state index in [1.54, 1.807) is 57.5 Å². The van der Waals surface area contributed by atoms with Crippen molar-refractivity contribution in [1.29, 1.82) is 0 Å². The number of rotatable bonds is 7. The molecule has 1 aliphatic rings. The van der Waals surface area contributed by atoms with E-state index in [2.05, 4.69) is 5.32 Å². The maximum absolute atomic E-state index is 13.1. The number of urea groups is 1. The molecule has 1 N–H and O–H groups in total. The van der Waals surface area contributed by atoms with Crippen molar-refractivity contribution in [2.24, 2.45) is 0 Å². The average Bonchev–Trinajstić information content (AvgIpc) is 2.92. The van der Waals surface area contributed by atoms with Gasteiger partial charge in [-0.05, 0) is 49.9 Å². The lowest BCUT2D eigenvalue weighted by Gasteiger charge is -2.25. The molecule has 1 aliphatic heterocycles. The molecule has 8 heteroatoms. The number of carbonyl (C=O) groups excluding carboxylic acids is 2. The predicted octanol–water partition coefficient (Wildman–Crippen LogP) is 3.21. The summed E-state index contributed by atoms with van der Waals surface area (Å²) >= 11 is 6.09. The van der Waals surface area contributed by atoms with E-state index in [0.717, 1.165) is 5.56 Å². The lowest BCUT2D eigenvalue weighted by atomic mass is 9.92. The van der Waals surface area contributed by atoms with Gasteiger partial charge in [-0.15, -0.1) is 0 Å². The number of hydrogen-bond acceptors (Lipinski definition) is 5. The molecule has 0 aliphatic carbocycles. The SMILES string of the molecule is COc1cccc([C@@]2(C)NC(=O)N(CN(C)Cc3cc(Cl)ccc3OC)C2=O)c1. The first-order valence-corrected chi connectivity index (χ1v) is 9.46. The van der Waals surface area contributed by atoms with Crippen LogP contribution >= 0.6 is 11.6 Å². The molecule has 2 aromatic rings. The molecular formula is C21H24ClN3O4. The molecule has 1 fully saturated rings. The van der Waals surface area contributed by atoms with Gasteiger partial charge in [0.15, 0.2) is 0 Å². The van der Waals surface area contributed by atoms with Gasteiger partial charge in [0.25, 0.3) is 5.91 Å². The van der Waals surface area contributed by atoms with Crippen LogP contribution in [0.5, 0.6) is 11.5 Å². The van der Waals surface area contributed by atoms with Crippen molar-refractivity contribution in [3.8, 4) is 11.5 Å². The number of methoxy groups -OCH3 is 2. The molecule has 1 atom stereocenters. The number of nitrogens with one attached hydrogen (secondary N) is 1. The maximum Gasteiger partial charge on any atom is 0.326 e. The predicted molar refractivity (Wildman–Crippen MR) is 110 cm³/mol. The number of imide groups is 1. The highest BCUT2D eigenvalue weighted by Gasteiger charge is 2.49. The van der Waals surface area contributed by atoms with Crippen LogP contribution in [0.1, 0.15) is 18.1 Å². The van der Waals surface area contributed by atoms with Gasteiger partial charge in [-0.3, -0.25) is 9.69 Å². The average molecular weight is 418 g/mol. The quantitative estimate of drug-likeness (QED) is 0.700. The summed E-state index contributed by atoms with van der Waals surface area (Å²) in [4.78, 5) is 28.8. The van der Waals surface area contributed by atoms with Gasteiger partial charge >= 0.3 is 6.03 Å². The van der Waals surface area contributed by atoms with Crippen LogP contribution < -0.4 is 14.8 Å². The Kier molecular flexibility index (Phi) is 6.00. The summed E-state index contributed by atoms with van der Waals surface area (Å²) in [6.45, 7) is 2.28. The van der Waals surface area contributed by atoms with E-state index in [1.165, 1.54) is 4.90 Å². The van der Waals surface area contributed by atoms with Crippen LogP contribution in [0.25, 0.3) is 0 Å². The van der Waals surface area contributed by atoms with Crippen molar-refractivity contribution in [3.63, 3.8) is 0 Å². The van der Waals surface area contributed by atoms with E-state index in [1.807, 2.05) is 18.0 Å². The van der Waals surface area contributed by atoms with Gasteiger partial charge in [-0.1, -0.05) is 23.7 Å². The van der Waals surface area contributed by atoms with E-state index in [0.29, 0.717) is 28.6 Å². The Balaban J connectivity index is 1.77. The van der Waals surface area contributed by atoms with Gasteiger partial charge in [0, 0.05) is 17.1 Å². The van der Waals surface area contributed by atoms with Crippen LogP contribution in [0, 0.1) is 0 Å². The largest absolute Gasteiger partial charge is 0.497 e. The third-order valence-corrected chi connectivity index (χ3v) is 5.22. The molecule has 154 valence electrons. The van der Waals surface area contributed by atoms with Crippen molar-refractivity contribution in [2.45, 2.75) is 19.0 Å². The Morgan fingerprint density at radius 1 is 1.14 bits per heavy atom. The molecule has 1 saturated heterocycles. The van der Waals surface area contributed by atoms with Crippen LogP contribution in [0.3, 0.4) is 0 Å². The van der Waals surface area contributed by atoms with Crippen molar-refractivity contribution in [1.82, 2.24) is 15.1 Å². The second-order valence-electron chi connectivity index (χ2n) is 7.13. The molecule has 29 heavy (non-hydrogen) atoms. The van der Waals surface area contributed by atoms with Crippen LogP contribution in [-0.4, -0.2) is 49.7 Å². The van der Waals surface area contributed by atoms with E-state index in [4.69, 9.17) is 21.1 Å². The summed E-state index contributed by atoms with van der Waals surface area (Å²) in [5.74, 6) is 0.995. The molecule has 1 heterocycles. The van der Waals surface area contributed by atoms with Gasteiger partial charge in [-0.2, -0.15) is 0 Å². The van der Waals surface area contributed by atoms with E-state index in [9.17, 15) is 9.59 Å². The lowest BCUT2D eigenvalue weighted by Crippen LogP contribution is -2.42. The number of ether oxygens (including phenoxy) is 2. The Hall–Kier alpha value is -2.77. The number of carbonyl (C=O) groups is 2. The lowest BCUT2D eigenvalue weighted by molar-refractivity contribution is -0.132. The standard InChI is InChI=1S/C21H24ClN3O4/c1-21(15-6-5-7-17(11-15)28-3)19(26)25(20(27)23-21)13-24(2)12-14-10-16(22)8-9-18(14)29-4/h5-11H,12-13H2,1-4H3,(H,23,27)/t21-/m1/s1. The van der Waals surface area contributed by atoms with Crippen molar-refractivity contribution in [2.75, 3.05) is 27.9 Å². The second kappa shape index (κ2) is 8.31. The summed E-state index contributed by atoms with van der Waals surface area (Å²) in [6, 6.07) is 12.0. The normalized spacial score (nSPS) is 18.9. The first-order valence-electron chi connectivity index (χ1n) is 9.08. The molecular weight excluding hydrogens is 394 g/mol. The first kappa shape index (κ1) is 21.0. The summed E-state index contributed by atoms with van der Waals surface area (Å²) in [5.41, 5.74) is 0.377. The maximum atomic E-state index is 13.1. The zero-order valence-corrected chi connectivity index (χ0v) is 17.6. The summed E-state index contributed by atoms with van der Waals surface area (Å²) in [7, 11) is 4.97. The molecule has 0 radical (unpaired) electrons. The zero-order valence-electron chi connectivity index (χ0n) is 16.9. The highest BCUT2D eigenvalue weighted by molar-refractivity contribution is 6.30. The van der Waals surface area contributed by atoms with E-state index >= 15 is 0 Å². The fraction of sp³-hybridized carbons (Fsp3) is 0.333. The van der Waals surface area contributed by atoms with Crippen LogP contribution in [-0.2, 0) is 16.9 Å². The van der Waals surface area contributed by atoms with Gasteiger partial charge in [0.1, 0.15) is 17.0 Å². The fourth-order valence-electron chi connectivity index (χ4n) is 3.41. The molecule has 0 saturated carbocycles. The Labute approximate surface area is 175 Å². The highest BCUT2D eigenvalue weighted by Crippen LogP contribution is 2.31. The molecule has 3 amide bonds. The minimum atomic E-state index is -1.15. The van der Waals surface area contributed by atoms with Gasteiger partial charge in [-0.25, -0.2) is 9.69 Å². The fourth-order valence-corrected chi connectivity index (χ4v) is 3.60. The minimum absolute atomic E-state index is 0.125. The summed E-state index contributed by atoms with van der Waals surface area (Å²) in [5, 5.41) is 3.40. The number of nitrogens with zero attached hydrogens (tertiary/aromatic N) is 2. The molecule has 7 nitrogen and oxygen atoms in total. The smallest absolute Gasteiger partial charge is 0.326 e. The highest BCUT2D eigenvalue weighted by atomic mass is 35.5. The number of benzene rings is 2. The second-order valence-corrected chi connectivity index (χ2v) is 7.57. The van der Waals surface area contributed by atoms with E-state index in [-0.39, 0.29) is 12.6 Å². The molecule has 2 aromatic carbocycles. The Morgan fingerprint density at radius 3 is 2.59 bits per heavy atom. The van der Waals surface area contributed by atoms with Crippen LogP contribution in [0.2, 0.25) is 5.02 Å². The molecule has 0 spiro atoms. The third-order valence-electron chi connectivity index (χ3n) is 4.99. The topological polar surface area (TPSA) is 71.1 Å². The molecule has 3 rings (SSSR count). The molecule has 0 unspecified atom stereocenters. The van der Waals surface area contributed by atoms with E-state index < -0.39 is 11.6 Å². The Bertz CT molecular complexity index is 936. The van der Waals surface area contributed by atoms with Crippen molar-refractivity contribution < 1.29 is 19.1 Å². The number of amides is 3.